The van der Waals surface area contributed by atoms with Gasteiger partial charge in [0.2, 0.25) is 0 Å². The van der Waals surface area contributed by atoms with Gasteiger partial charge in [0.05, 0.1) is 11.0 Å². The minimum Gasteiger partial charge on any atom is -0.338 e. The molecular formula is C19H14N2. The minimum atomic E-state index is 0.913. The Balaban J connectivity index is 1.82. The lowest BCUT2D eigenvalue weighted by Gasteiger charge is -2.00. The van der Waals surface area contributed by atoms with Crippen LogP contribution in [-0.2, 0) is 0 Å². The summed E-state index contributed by atoms with van der Waals surface area (Å²) < 4.78 is 0. The van der Waals surface area contributed by atoms with Crippen LogP contribution in [0.5, 0.6) is 0 Å². The number of nitrogens with one attached hydrogen (secondary N) is 1. The second-order valence-electron chi connectivity index (χ2n) is 5.05. The molecule has 100 valence electrons. The molecule has 0 bridgehead atoms. The van der Waals surface area contributed by atoms with Gasteiger partial charge in [-0.15, -0.1) is 0 Å². The van der Waals surface area contributed by atoms with Crippen molar-refractivity contribution in [3.63, 3.8) is 0 Å². The van der Waals surface area contributed by atoms with Crippen LogP contribution in [0, 0.1) is 0 Å². The van der Waals surface area contributed by atoms with E-state index in [2.05, 4.69) is 64.6 Å². The predicted octanol–water partition coefficient (Wildman–Crippen LogP) is 4.90. The van der Waals surface area contributed by atoms with Gasteiger partial charge in [0.15, 0.2) is 0 Å². The molecule has 2 heteroatoms. The van der Waals surface area contributed by atoms with E-state index in [1.54, 1.807) is 0 Å². The predicted molar refractivity (Wildman–Crippen MR) is 87.0 cm³/mol. The SMILES string of the molecule is c1ccc(-c2ccc3nc(-c4ccccc4)[nH]c3c2)cc1. The van der Waals surface area contributed by atoms with E-state index in [-0.39, 0.29) is 0 Å². The van der Waals surface area contributed by atoms with Crippen molar-refractivity contribution in [3.8, 4) is 22.5 Å². The summed E-state index contributed by atoms with van der Waals surface area (Å²) in [6.07, 6.45) is 0. The molecule has 0 radical (unpaired) electrons. The lowest BCUT2D eigenvalue weighted by atomic mass is 10.1. The zero-order valence-corrected chi connectivity index (χ0v) is 11.5. The largest absolute Gasteiger partial charge is 0.338 e. The molecule has 4 rings (SSSR count). The first kappa shape index (κ1) is 11.9. The standard InChI is InChI=1S/C19H14N2/c1-3-7-14(8-4-1)16-11-12-17-18(13-16)21-19(20-17)15-9-5-2-6-10-15/h1-13H,(H,20,21). The smallest absolute Gasteiger partial charge is 0.138 e. The average Bonchev–Trinajstić information content (AvgIpc) is 2.99. The van der Waals surface area contributed by atoms with Gasteiger partial charge < -0.3 is 4.98 Å². The van der Waals surface area contributed by atoms with E-state index in [1.165, 1.54) is 11.1 Å². The fourth-order valence-corrected chi connectivity index (χ4v) is 2.55. The zero-order valence-electron chi connectivity index (χ0n) is 11.5. The van der Waals surface area contributed by atoms with Crippen molar-refractivity contribution in [2.45, 2.75) is 0 Å². The van der Waals surface area contributed by atoms with Gasteiger partial charge in [-0.05, 0) is 23.3 Å². The Morgan fingerprint density at radius 1 is 0.619 bits per heavy atom. The van der Waals surface area contributed by atoms with E-state index in [9.17, 15) is 0 Å². The first-order chi connectivity index (χ1) is 10.4. The summed E-state index contributed by atoms with van der Waals surface area (Å²) >= 11 is 0. The van der Waals surface area contributed by atoms with Gasteiger partial charge in [-0.3, -0.25) is 0 Å². The molecule has 0 saturated carbocycles. The molecule has 1 N–H and O–H groups in total. The first-order valence-corrected chi connectivity index (χ1v) is 7.01. The van der Waals surface area contributed by atoms with Crippen molar-refractivity contribution in [2.75, 3.05) is 0 Å². The number of imidazole rings is 1. The Morgan fingerprint density at radius 3 is 2.00 bits per heavy atom. The summed E-state index contributed by atoms with van der Waals surface area (Å²) in [5.74, 6) is 0.913. The Bertz CT molecular complexity index is 840. The molecule has 0 atom stereocenters. The van der Waals surface area contributed by atoms with Gasteiger partial charge in [0, 0.05) is 5.56 Å². The molecule has 1 heterocycles. The van der Waals surface area contributed by atoms with Crippen LogP contribution in [0.1, 0.15) is 0 Å². The quantitative estimate of drug-likeness (QED) is 0.551. The molecule has 3 aromatic carbocycles. The lowest BCUT2D eigenvalue weighted by Crippen LogP contribution is -1.78. The van der Waals surface area contributed by atoms with Crippen LogP contribution in [0.3, 0.4) is 0 Å². The van der Waals surface area contributed by atoms with Gasteiger partial charge in [-0.25, -0.2) is 4.98 Å². The van der Waals surface area contributed by atoms with Gasteiger partial charge in [-0.2, -0.15) is 0 Å². The van der Waals surface area contributed by atoms with Crippen LogP contribution in [0.25, 0.3) is 33.5 Å². The van der Waals surface area contributed by atoms with Crippen LogP contribution >= 0.6 is 0 Å². The fourth-order valence-electron chi connectivity index (χ4n) is 2.55. The fraction of sp³-hybridized carbons (Fsp3) is 0. The highest BCUT2D eigenvalue weighted by Crippen LogP contribution is 2.25. The van der Waals surface area contributed by atoms with E-state index in [0.29, 0.717) is 0 Å². The third-order valence-corrected chi connectivity index (χ3v) is 3.64. The van der Waals surface area contributed by atoms with Crippen LogP contribution in [0.4, 0.5) is 0 Å². The molecular weight excluding hydrogens is 256 g/mol. The van der Waals surface area contributed by atoms with E-state index < -0.39 is 0 Å². The van der Waals surface area contributed by atoms with Crippen molar-refractivity contribution in [3.05, 3.63) is 78.9 Å². The maximum absolute atomic E-state index is 4.66. The molecule has 1 aromatic heterocycles. The first-order valence-electron chi connectivity index (χ1n) is 7.01. The van der Waals surface area contributed by atoms with E-state index in [1.807, 2.05) is 24.3 Å². The molecule has 0 aliphatic heterocycles. The maximum Gasteiger partial charge on any atom is 0.138 e. The summed E-state index contributed by atoms with van der Waals surface area (Å²) in [5.41, 5.74) is 5.58. The number of hydrogen-bond acceptors (Lipinski definition) is 1. The third kappa shape index (κ3) is 2.21. The van der Waals surface area contributed by atoms with Crippen LogP contribution in [0.2, 0.25) is 0 Å². The summed E-state index contributed by atoms with van der Waals surface area (Å²) in [5, 5.41) is 0. The summed E-state index contributed by atoms with van der Waals surface area (Å²) in [6, 6.07) is 26.9. The molecule has 4 aromatic rings. The summed E-state index contributed by atoms with van der Waals surface area (Å²) in [7, 11) is 0. The molecule has 0 saturated heterocycles. The Hall–Kier alpha value is -2.87. The maximum atomic E-state index is 4.66. The number of H-pyrrole nitrogens is 1. The molecule has 0 spiro atoms. The molecule has 0 aliphatic carbocycles. The summed E-state index contributed by atoms with van der Waals surface area (Å²) in [4.78, 5) is 8.07. The number of hydrogen-bond donors (Lipinski definition) is 1. The van der Waals surface area contributed by atoms with Crippen LogP contribution < -0.4 is 0 Å². The highest BCUT2D eigenvalue weighted by Gasteiger charge is 2.06. The van der Waals surface area contributed by atoms with Gasteiger partial charge >= 0.3 is 0 Å². The highest BCUT2D eigenvalue weighted by atomic mass is 14.9. The topological polar surface area (TPSA) is 28.7 Å². The van der Waals surface area contributed by atoms with Crippen molar-refractivity contribution >= 4 is 11.0 Å². The van der Waals surface area contributed by atoms with E-state index in [4.69, 9.17) is 0 Å². The summed E-state index contributed by atoms with van der Waals surface area (Å²) in [6.45, 7) is 0. The van der Waals surface area contributed by atoms with Crippen molar-refractivity contribution in [1.82, 2.24) is 9.97 Å². The number of aromatic nitrogens is 2. The Labute approximate surface area is 123 Å². The number of nitrogens with zero attached hydrogens (tertiary/aromatic N) is 1. The van der Waals surface area contributed by atoms with Crippen LogP contribution in [-0.4, -0.2) is 9.97 Å². The van der Waals surface area contributed by atoms with Crippen molar-refractivity contribution in [1.29, 1.82) is 0 Å². The van der Waals surface area contributed by atoms with E-state index >= 15 is 0 Å². The second-order valence-corrected chi connectivity index (χ2v) is 5.05. The normalized spacial score (nSPS) is 10.9. The highest BCUT2D eigenvalue weighted by molar-refractivity contribution is 5.84. The zero-order chi connectivity index (χ0) is 14.1. The molecule has 0 amide bonds. The lowest BCUT2D eigenvalue weighted by molar-refractivity contribution is 1.34. The third-order valence-electron chi connectivity index (χ3n) is 3.64. The molecule has 0 aliphatic rings. The van der Waals surface area contributed by atoms with Gasteiger partial charge in [0.25, 0.3) is 0 Å². The Morgan fingerprint density at radius 2 is 1.29 bits per heavy atom. The average molecular weight is 270 g/mol. The number of fused-ring (bicyclic) bond motifs is 1. The number of rotatable bonds is 2. The molecule has 2 nitrogen and oxygen atoms in total. The Kier molecular flexibility index (Phi) is 2.79. The molecule has 0 fully saturated rings. The van der Waals surface area contributed by atoms with E-state index in [0.717, 1.165) is 22.4 Å². The van der Waals surface area contributed by atoms with Gasteiger partial charge in [-0.1, -0.05) is 66.7 Å². The van der Waals surface area contributed by atoms with Gasteiger partial charge in [0.1, 0.15) is 5.82 Å². The molecule has 21 heavy (non-hydrogen) atoms. The van der Waals surface area contributed by atoms with Crippen LogP contribution in [0.15, 0.2) is 78.9 Å². The van der Waals surface area contributed by atoms with Crippen molar-refractivity contribution < 1.29 is 0 Å². The monoisotopic (exact) mass is 270 g/mol. The number of benzene rings is 3. The molecule has 0 unspecified atom stereocenters. The van der Waals surface area contributed by atoms with Crippen molar-refractivity contribution in [2.24, 2.45) is 0 Å². The number of aromatic amines is 1. The minimum absolute atomic E-state index is 0.913. The second kappa shape index (κ2) is 4.91.